The first-order valence-corrected chi connectivity index (χ1v) is 8.39. The number of carbonyl (C=O) groups is 1. The maximum absolute atomic E-state index is 13.3. The predicted octanol–water partition coefficient (Wildman–Crippen LogP) is 3.82. The smallest absolute Gasteiger partial charge is 0.384 e. The van der Waals surface area contributed by atoms with Gasteiger partial charge in [0.25, 0.3) is 5.91 Å². The normalized spacial score (nSPS) is 11.6. The van der Waals surface area contributed by atoms with Gasteiger partial charge in [-0.2, -0.15) is 13.2 Å². The average molecular weight is 410 g/mol. The van der Waals surface area contributed by atoms with Crippen LogP contribution in [0.5, 0.6) is 0 Å². The summed E-state index contributed by atoms with van der Waals surface area (Å²) in [5, 5.41) is 0.368. The van der Waals surface area contributed by atoms with Crippen molar-refractivity contribution in [2.45, 2.75) is 19.6 Å². The zero-order valence-electron chi connectivity index (χ0n) is 14.6. The van der Waals surface area contributed by atoms with Crippen LogP contribution in [0.2, 0.25) is 5.02 Å². The van der Waals surface area contributed by atoms with Gasteiger partial charge in [-0.3, -0.25) is 4.79 Å². The molecule has 4 N–H and O–H groups in total. The number of benzene rings is 1. The molecule has 3 aromatic rings. The van der Waals surface area contributed by atoms with E-state index in [0.29, 0.717) is 16.1 Å². The van der Waals surface area contributed by atoms with Crippen LogP contribution in [-0.4, -0.2) is 26.6 Å². The lowest BCUT2D eigenvalue weighted by molar-refractivity contribution is -0.140. The highest BCUT2D eigenvalue weighted by Crippen LogP contribution is 2.37. The molecule has 0 bridgehead atoms. The SMILES string of the molecule is Cc1ccc(Cl)cc1-c1cc(-c2cc(N)ncn2)n(CC(F)(F)F)c1C(N)=O. The third kappa shape index (κ3) is 3.94. The fourth-order valence-corrected chi connectivity index (χ4v) is 3.14. The molecule has 0 aliphatic carbocycles. The summed E-state index contributed by atoms with van der Waals surface area (Å²) in [4.78, 5) is 19.9. The predicted molar refractivity (Wildman–Crippen MR) is 99.6 cm³/mol. The van der Waals surface area contributed by atoms with E-state index in [2.05, 4.69) is 9.97 Å². The Morgan fingerprint density at radius 1 is 1.18 bits per heavy atom. The zero-order valence-corrected chi connectivity index (χ0v) is 15.3. The zero-order chi connectivity index (χ0) is 20.6. The molecule has 10 heteroatoms. The molecule has 0 saturated heterocycles. The van der Waals surface area contributed by atoms with Gasteiger partial charge in [-0.25, -0.2) is 9.97 Å². The van der Waals surface area contributed by atoms with Crippen molar-refractivity contribution in [3.05, 3.63) is 52.9 Å². The molecule has 0 aliphatic heterocycles. The first-order chi connectivity index (χ1) is 13.1. The van der Waals surface area contributed by atoms with E-state index in [1.54, 1.807) is 25.1 Å². The first kappa shape index (κ1) is 19.7. The summed E-state index contributed by atoms with van der Waals surface area (Å²) in [6, 6.07) is 7.65. The summed E-state index contributed by atoms with van der Waals surface area (Å²) in [7, 11) is 0. The Morgan fingerprint density at radius 3 is 2.50 bits per heavy atom. The monoisotopic (exact) mass is 409 g/mol. The number of nitrogen functional groups attached to an aromatic ring is 1. The maximum Gasteiger partial charge on any atom is 0.406 e. The molecule has 0 aliphatic rings. The maximum atomic E-state index is 13.3. The quantitative estimate of drug-likeness (QED) is 0.684. The molecule has 1 amide bonds. The molecular formula is C18H15ClF3N5O. The van der Waals surface area contributed by atoms with E-state index in [4.69, 9.17) is 23.1 Å². The van der Waals surface area contributed by atoms with Crippen LogP contribution in [0.25, 0.3) is 22.5 Å². The third-order valence-electron chi connectivity index (χ3n) is 4.11. The molecule has 1 aromatic carbocycles. The van der Waals surface area contributed by atoms with Crippen LogP contribution in [0.4, 0.5) is 19.0 Å². The van der Waals surface area contributed by atoms with Gasteiger partial charge in [0.1, 0.15) is 24.4 Å². The molecule has 0 saturated carbocycles. The molecule has 3 rings (SSSR count). The number of halogens is 4. The lowest BCUT2D eigenvalue weighted by Gasteiger charge is -2.15. The molecule has 2 aromatic heterocycles. The minimum absolute atomic E-state index is 0.0367. The molecule has 6 nitrogen and oxygen atoms in total. The number of carbonyl (C=O) groups excluding carboxylic acids is 1. The van der Waals surface area contributed by atoms with Crippen molar-refractivity contribution in [1.29, 1.82) is 0 Å². The molecule has 2 heterocycles. The molecule has 0 radical (unpaired) electrons. The van der Waals surface area contributed by atoms with E-state index in [-0.39, 0.29) is 28.5 Å². The van der Waals surface area contributed by atoms with Crippen LogP contribution in [0.3, 0.4) is 0 Å². The number of hydrogen-bond donors (Lipinski definition) is 2. The second-order valence-corrected chi connectivity index (χ2v) is 6.58. The fourth-order valence-electron chi connectivity index (χ4n) is 2.97. The minimum Gasteiger partial charge on any atom is -0.384 e. The van der Waals surface area contributed by atoms with Gasteiger partial charge in [0.2, 0.25) is 0 Å². The van der Waals surface area contributed by atoms with Crippen LogP contribution in [0, 0.1) is 6.92 Å². The number of hydrogen-bond acceptors (Lipinski definition) is 4. The summed E-state index contributed by atoms with van der Waals surface area (Å²) >= 11 is 6.05. The van der Waals surface area contributed by atoms with Crippen molar-refractivity contribution >= 4 is 23.3 Å². The van der Waals surface area contributed by atoms with E-state index in [1.165, 1.54) is 12.1 Å². The van der Waals surface area contributed by atoms with E-state index in [9.17, 15) is 18.0 Å². The van der Waals surface area contributed by atoms with Gasteiger partial charge < -0.3 is 16.0 Å². The van der Waals surface area contributed by atoms with Crippen molar-refractivity contribution < 1.29 is 18.0 Å². The molecule has 28 heavy (non-hydrogen) atoms. The number of nitrogens with two attached hydrogens (primary N) is 2. The van der Waals surface area contributed by atoms with Crippen molar-refractivity contribution in [2.75, 3.05) is 5.73 Å². The molecular weight excluding hydrogens is 395 g/mol. The highest BCUT2D eigenvalue weighted by atomic mass is 35.5. The average Bonchev–Trinajstić information content (AvgIpc) is 2.94. The van der Waals surface area contributed by atoms with Crippen LogP contribution < -0.4 is 11.5 Å². The van der Waals surface area contributed by atoms with E-state index >= 15 is 0 Å². The van der Waals surface area contributed by atoms with Gasteiger partial charge in [0.15, 0.2) is 0 Å². The second kappa shape index (κ2) is 7.16. The number of anilines is 1. The van der Waals surface area contributed by atoms with Crippen LogP contribution >= 0.6 is 11.6 Å². The number of amides is 1. The van der Waals surface area contributed by atoms with E-state index in [0.717, 1.165) is 10.9 Å². The van der Waals surface area contributed by atoms with Gasteiger partial charge in [0.05, 0.1) is 11.4 Å². The fraction of sp³-hybridized carbons (Fsp3) is 0.167. The van der Waals surface area contributed by atoms with Crippen LogP contribution in [0.15, 0.2) is 36.7 Å². The Morgan fingerprint density at radius 2 is 1.89 bits per heavy atom. The molecule has 0 fully saturated rings. The Bertz CT molecular complexity index is 1060. The summed E-state index contributed by atoms with van der Waals surface area (Å²) in [6.45, 7) is 0.323. The van der Waals surface area contributed by atoms with Crippen molar-refractivity contribution in [3.8, 4) is 22.5 Å². The molecule has 0 unspecified atom stereocenters. The Balaban J connectivity index is 2.36. The second-order valence-electron chi connectivity index (χ2n) is 6.14. The van der Waals surface area contributed by atoms with Crippen molar-refractivity contribution in [1.82, 2.24) is 14.5 Å². The number of aryl methyl sites for hydroxylation is 1. The highest BCUT2D eigenvalue weighted by molar-refractivity contribution is 6.31. The van der Waals surface area contributed by atoms with Crippen molar-refractivity contribution in [2.24, 2.45) is 5.73 Å². The number of nitrogens with zero attached hydrogens (tertiary/aromatic N) is 3. The van der Waals surface area contributed by atoms with Gasteiger partial charge >= 0.3 is 6.18 Å². The van der Waals surface area contributed by atoms with Gasteiger partial charge in [0, 0.05) is 16.7 Å². The standard InChI is InChI=1S/C18H15ClF3N5O/c1-9-2-3-10(19)4-11(9)12-5-14(13-6-15(23)26-8-25-13)27(7-18(20,21)22)16(12)17(24)28/h2-6,8H,7H2,1H3,(H2,24,28)(H2,23,25,26). The lowest BCUT2D eigenvalue weighted by Crippen LogP contribution is -2.25. The number of alkyl halides is 3. The highest BCUT2D eigenvalue weighted by Gasteiger charge is 2.33. The Kier molecular flexibility index (Phi) is 5.03. The van der Waals surface area contributed by atoms with E-state index in [1.807, 2.05) is 0 Å². The van der Waals surface area contributed by atoms with Crippen LogP contribution in [0.1, 0.15) is 16.1 Å². The Hall–Kier alpha value is -3.07. The van der Waals surface area contributed by atoms with Crippen LogP contribution in [-0.2, 0) is 6.54 Å². The number of primary amides is 1. The largest absolute Gasteiger partial charge is 0.406 e. The Labute approximate surface area is 163 Å². The first-order valence-electron chi connectivity index (χ1n) is 8.01. The van der Waals surface area contributed by atoms with Gasteiger partial charge in [-0.05, 0) is 36.2 Å². The summed E-state index contributed by atoms with van der Waals surface area (Å²) in [5.41, 5.74) is 12.4. The third-order valence-corrected chi connectivity index (χ3v) is 4.34. The topological polar surface area (TPSA) is 99.8 Å². The van der Waals surface area contributed by atoms with Gasteiger partial charge in [-0.15, -0.1) is 0 Å². The number of rotatable bonds is 4. The number of aromatic nitrogens is 3. The lowest BCUT2D eigenvalue weighted by atomic mass is 10.00. The summed E-state index contributed by atoms with van der Waals surface area (Å²) < 4.78 is 40.6. The molecule has 146 valence electrons. The summed E-state index contributed by atoms with van der Waals surface area (Å²) in [6.07, 6.45) is -3.47. The molecule has 0 spiro atoms. The summed E-state index contributed by atoms with van der Waals surface area (Å²) in [5.74, 6) is -0.933. The minimum atomic E-state index is -4.60. The van der Waals surface area contributed by atoms with Crippen molar-refractivity contribution in [3.63, 3.8) is 0 Å². The molecule has 0 atom stereocenters. The van der Waals surface area contributed by atoms with Gasteiger partial charge in [-0.1, -0.05) is 17.7 Å². The van der Waals surface area contributed by atoms with E-state index < -0.39 is 18.6 Å².